The zero-order valence-corrected chi connectivity index (χ0v) is 14.6. The molecule has 2 heterocycles. The number of nitrogens with zero attached hydrogens (tertiary/aromatic N) is 3. The first-order valence-corrected chi connectivity index (χ1v) is 8.24. The van der Waals surface area contributed by atoms with Crippen molar-refractivity contribution in [3.05, 3.63) is 46.5 Å². The van der Waals surface area contributed by atoms with E-state index in [1.54, 1.807) is 13.0 Å². The molecule has 6 nitrogen and oxygen atoms in total. The predicted molar refractivity (Wildman–Crippen MR) is 92.1 cm³/mol. The fraction of sp³-hybridized carbons (Fsp3) is 0.353. The van der Waals surface area contributed by atoms with Crippen LogP contribution in [-0.4, -0.2) is 25.7 Å². The smallest absolute Gasteiger partial charge is 0.342 e. The average molecular weight is 347 g/mol. The highest BCUT2D eigenvalue weighted by Gasteiger charge is 2.22. The highest BCUT2D eigenvalue weighted by atomic mass is 35.5. The molecule has 0 spiro atoms. The van der Waals surface area contributed by atoms with Crippen LogP contribution in [0.4, 0.5) is 0 Å². The zero-order chi connectivity index (χ0) is 17.3. The van der Waals surface area contributed by atoms with Gasteiger partial charge in [0.15, 0.2) is 11.9 Å². The molecule has 0 fully saturated rings. The van der Waals surface area contributed by atoms with E-state index >= 15 is 0 Å². The number of carbonyl (C=O) groups is 1. The monoisotopic (exact) mass is 346 g/mol. The Balaban J connectivity index is 1.84. The highest BCUT2D eigenvalue weighted by Crippen LogP contribution is 2.25. The lowest BCUT2D eigenvalue weighted by atomic mass is 10.1. The second-order valence-corrected chi connectivity index (χ2v) is 6.16. The summed E-state index contributed by atoms with van der Waals surface area (Å²) in [5.74, 6) is 0.269. The van der Waals surface area contributed by atoms with Crippen molar-refractivity contribution in [3.63, 3.8) is 0 Å². The fourth-order valence-corrected chi connectivity index (χ4v) is 2.93. The van der Waals surface area contributed by atoms with Gasteiger partial charge in [-0.15, -0.1) is 0 Å². The molecule has 0 saturated heterocycles. The van der Waals surface area contributed by atoms with Crippen LogP contribution >= 0.6 is 11.6 Å². The number of benzene rings is 1. The summed E-state index contributed by atoms with van der Waals surface area (Å²) in [4.78, 5) is 17.0. The van der Waals surface area contributed by atoms with E-state index in [1.165, 1.54) is 6.20 Å². The van der Waals surface area contributed by atoms with Gasteiger partial charge in [-0.3, -0.25) is 5.10 Å². The molecule has 0 saturated carbocycles. The lowest BCUT2D eigenvalue weighted by molar-refractivity contribution is 0.0314. The second-order valence-electron chi connectivity index (χ2n) is 5.72. The zero-order valence-electron chi connectivity index (χ0n) is 13.8. The van der Waals surface area contributed by atoms with Crippen molar-refractivity contribution >= 4 is 28.6 Å². The Morgan fingerprint density at radius 2 is 2.25 bits per heavy atom. The van der Waals surface area contributed by atoms with Crippen molar-refractivity contribution in [1.82, 2.24) is 19.7 Å². The largest absolute Gasteiger partial charge is 0.451 e. The second kappa shape index (κ2) is 6.65. The average Bonchev–Trinajstić information content (AvgIpc) is 3.12. The molecule has 0 aliphatic carbocycles. The molecule has 0 bridgehead atoms. The van der Waals surface area contributed by atoms with Crippen molar-refractivity contribution in [3.8, 4) is 0 Å². The Labute approximate surface area is 144 Å². The summed E-state index contributed by atoms with van der Waals surface area (Å²) in [6, 6.07) is 5.51. The SMILES string of the molecule is CCCc1[nH]ncc1C(=O)O[C@@H](C)c1nc2cc(Cl)ccc2n1C. The van der Waals surface area contributed by atoms with Gasteiger partial charge in [-0.25, -0.2) is 9.78 Å². The highest BCUT2D eigenvalue weighted by molar-refractivity contribution is 6.31. The molecule has 2 aromatic heterocycles. The predicted octanol–water partition coefficient (Wildman–Crippen LogP) is 3.82. The summed E-state index contributed by atoms with van der Waals surface area (Å²) in [5, 5.41) is 7.42. The standard InChI is InChI=1S/C17H19ClN4O2/c1-4-5-13-12(9-19-21-13)17(23)24-10(2)16-20-14-8-11(18)6-7-15(14)22(16)3/h6-10H,4-5H2,1-3H3,(H,19,21)/t10-/m0/s1. The molecular weight excluding hydrogens is 328 g/mol. The Kier molecular flexibility index (Phi) is 4.57. The lowest BCUT2D eigenvalue weighted by Crippen LogP contribution is -2.13. The number of H-pyrrole nitrogens is 1. The van der Waals surface area contributed by atoms with E-state index in [9.17, 15) is 4.79 Å². The molecule has 24 heavy (non-hydrogen) atoms. The van der Waals surface area contributed by atoms with Crippen LogP contribution < -0.4 is 0 Å². The number of imidazole rings is 1. The van der Waals surface area contributed by atoms with E-state index < -0.39 is 12.1 Å². The van der Waals surface area contributed by atoms with Crippen molar-refractivity contribution in [1.29, 1.82) is 0 Å². The van der Waals surface area contributed by atoms with E-state index in [1.807, 2.05) is 30.7 Å². The molecule has 3 aromatic rings. The minimum Gasteiger partial charge on any atom is -0.451 e. The molecule has 0 radical (unpaired) electrons. The van der Waals surface area contributed by atoms with Gasteiger partial charge in [0, 0.05) is 17.8 Å². The number of aryl methyl sites for hydroxylation is 2. The van der Waals surface area contributed by atoms with E-state index in [-0.39, 0.29) is 0 Å². The summed E-state index contributed by atoms with van der Waals surface area (Å²) in [6.45, 7) is 3.85. The number of esters is 1. The summed E-state index contributed by atoms with van der Waals surface area (Å²) in [6.07, 6.45) is 2.69. The molecule has 0 aliphatic heterocycles. The van der Waals surface area contributed by atoms with Crippen LogP contribution in [0.2, 0.25) is 5.02 Å². The number of aromatic nitrogens is 4. The molecule has 1 aromatic carbocycles. The normalized spacial score (nSPS) is 12.5. The molecule has 0 amide bonds. The topological polar surface area (TPSA) is 72.8 Å². The van der Waals surface area contributed by atoms with E-state index in [4.69, 9.17) is 16.3 Å². The molecular formula is C17H19ClN4O2. The fourth-order valence-electron chi connectivity index (χ4n) is 2.76. The van der Waals surface area contributed by atoms with Crippen LogP contribution in [0.25, 0.3) is 11.0 Å². The minimum atomic E-state index is -0.488. The van der Waals surface area contributed by atoms with E-state index in [2.05, 4.69) is 15.2 Å². The first kappa shape index (κ1) is 16.5. The van der Waals surface area contributed by atoms with Crippen molar-refractivity contribution < 1.29 is 9.53 Å². The third kappa shape index (κ3) is 3.01. The molecule has 0 unspecified atom stereocenters. The first-order chi connectivity index (χ1) is 11.5. The van der Waals surface area contributed by atoms with Crippen LogP contribution in [0.3, 0.4) is 0 Å². The summed E-state index contributed by atoms with van der Waals surface area (Å²) in [5.41, 5.74) is 2.99. The Bertz CT molecular complexity index is 884. The minimum absolute atomic E-state index is 0.398. The summed E-state index contributed by atoms with van der Waals surface area (Å²) >= 11 is 6.01. The number of halogens is 1. The first-order valence-electron chi connectivity index (χ1n) is 7.86. The number of hydrogen-bond donors (Lipinski definition) is 1. The maximum atomic E-state index is 12.4. The molecule has 1 atom stereocenters. The van der Waals surface area contributed by atoms with Crippen molar-refractivity contribution in [2.45, 2.75) is 32.8 Å². The number of ether oxygens (including phenoxy) is 1. The van der Waals surface area contributed by atoms with Gasteiger partial charge in [0.2, 0.25) is 0 Å². The van der Waals surface area contributed by atoms with Gasteiger partial charge in [0.1, 0.15) is 5.56 Å². The van der Waals surface area contributed by atoms with E-state index in [0.717, 1.165) is 29.6 Å². The molecule has 3 rings (SSSR count). The summed E-state index contributed by atoms with van der Waals surface area (Å²) in [7, 11) is 1.89. The quantitative estimate of drug-likeness (QED) is 0.713. The van der Waals surface area contributed by atoms with Gasteiger partial charge in [0.25, 0.3) is 0 Å². The number of rotatable bonds is 5. The molecule has 7 heteroatoms. The number of hydrogen-bond acceptors (Lipinski definition) is 4. The van der Waals surface area contributed by atoms with Crippen LogP contribution in [0.1, 0.15) is 48.2 Å². The Morgan fingerprint density at radius 1 is 1.46 bits per heavy atom. The lowest BCUT2D eigenvalue weighted by Gasteiger charge is -2.13. The van der Waals surface area contributed by atoms with Crippen LogP contribution in [-0.2, 0) is 18.2 Å². The van der Waals surface area contributed by atoms with E-state index in [0.29, 0.717) is 16.4 Å². The van der Waals surface area contributed by atoms with Gasteiger partial charge in [-0.2, -0.15) is 5.10 Å². The number of fused-ring (bicyclic) bond motifs is 1. The van der Waals surface area contributed by atoms with Gasteiger partial charge in [0.05, 0.1) is 17.2 Å². The Morgan fingerprint density at radius 3 is 3.00 bits per heavy atom. The van der Waals surface area contributed by atoms with Gasteiger partial charge < -0.3 is 9.30 Å². The van der Waals surface area contributed by atoms with Crippen LogP contribution in [0.5, 0.6) is 0 Å². The van der Waals surface area contributed by atoms with Crippen LogP contribution in [0, 0.1) is 0 Å². The van der Waals surface area contributed by atoms with Crippen molar-refractivity contribution in [2.24, 2.45) is 7.05 Å². The maximum absolute atomic E-state index is 12.4. The Hall–Kier alpha value is -2.34. The van der Waals surface area contributed by atoms with Gasteiger partial charge in [-0.1, -0.05) is 24.9 Å². The summed E-state index contributed by atoms with van der Waals surface area (Å²) < 4.78 is 7.50. The van der Waals surface area contributed by atoms with Gasteiger partial charge in [-0.05, 0) is 31.5 Å². The third-order valence-corrected chi connectivity index (χ3v) is 4.20. The molecule has 126 valence electrons. The van der Waals surface area contributed by atoms with Crippen LogP contribution in [0.15, 0.2) is 24.4 Å². The molecule has 0 aliphatic rings. The van der Waals surface area contributed by atoms with Crippen molar-refractivity contribution in [2.75, 3.05) is 0 Å². The number of carbonyl (C=O) groups excluding carboxylic acids is 1. The maximum Gasteiger partial charge on any atom is 0.342 e. The third-order valence-electron chi connectivity index (χ3n) is 3.96. The number of nitrogens with one attached hydrogen (secondary N) is 1. The molecule has 1 N–H and O–H groups in total. The van der Waals surface area contributed by atoms with Gasteiger partial charge >= 0.3 is 5.97 Å². The number of aromatic amines is 1.